The van der Waals surface area contributed by atoms with Gasteiger partial charge in [-0.25, -0.2) is 4.98 Å². The van der Waals surface area contributed by atoms with Crippen molar-refractivity contribution in [2.24, 2.45) is 0 Å². The molecule has 1 aromatic heterocycles. The minimum Gasteiger partial charge on any atom is -0.466 e. The topological polar surface area (TPSA) is 39.2 Å². The van der Waals surface area contributed by atoms with Crippen molar-refractivity contribution in [3.8, 4) is 5.88 Å². The molecular weight excluding hydrogens is 142 g/mol. The zero-order chi connectivity index (χ0) is 8.10. The Kier molecular flexibility index (Phi) is 2.60. The molecule has 0 spiro atoms. The molecule has 0 saturated carbocycles. The predicted octanol–water partition coefficient (Wildman–Crippen LogP) is 0.959. The molecule has 1 radical (unpaired) electrons. The Morgan fingerprint density at radius 1 is 1.64 bits per heavy atom. The van der Waals surface area contributed by atoms with Gasteiger partial charge in [0.25, 0.3) is 0 Å². The molecule has 57 valence electrons. The van der Waals surface area contributed by atoms with Crippen LogP contribution in [0.1, 0.15) is 6.92 Å². The molecule has 0 bridgehead atoms. The Labute approximate surface area is 65.0 Å². The molecule has 1 heterocycles. The number of hydrogen-bond acceptors (Lipinski definition) is 3. The molecule has 0 fully saturated rings. The number of rotatable bonds is 3. The van der Waals surface area contributed by atoms with E-state index in [-0.39, 0.29) is 0 Å². The highest BCUT2D eigenvalue weighted by molar-refractivity contribution is 5.56. The smallest absolute Gasteiger partial charge is 0.242 e. The average molecular weight is 150 g/mol. The number of hydrogen-bond donors (Lipinski definition) is 0. The Morgan fingerprint density at radius 2 is 2.45 bits per heavy atom. The fraction of sp³-hybridized carbons (Fsp3) is 0.250. The van der Waals surface area contributed by atoms with E-state index in [1.165, 1.54) is 0 Å². The van der Waals surface area contributed by atoms with Gasteiger partial charge in [0.05, 0.1) is 0 Å². The molecule has 1 aromatic rings. The number of nitrogens with zero attached hydrogens (tertiary/aromatic N) is 1. The van der Waals surface area contributed by atoms with Crippen LogP contribution in [0, 0.1) is 0 Å². The summed E-state index contributed by atoms with van der Waals surface area (Å²) in [4.78, 5) is 13.9. The van der Waals surface area contributed by atoms with Crippen molar-refractivity contribution in [2.75, 3.05) is 0 Å². The van der Waals surface area contributed by atoms with Crippen molar-refractivity contribution < 1.29 is 9.53 Å². The van der Waals surface area contributed by atoms with Crippen molar-refractivity contribution in [3.63, 3.8) is 0 Å². The van der Waals surface area contributed by atoms with E-state index in [4.69, 9.17) is 4.74 Å². The Morgan fingerprint density at radius 3 is 3.00 bits per heavy atom. The monoisotopic (exact) mass is 150 g/mol. The molecule has 0 N–H and O–H groups in total. The lowest BCUT2D eigenvalue weighted by Gasteiger charge is -2.04. The number of ether oxygens (including phenoxy) is 1. The third-order valence-corrected chi connectivity index (χ3v) is 1.10. The van der Waals surface area contributed by atoms with Gasteiger partial charge >= 0.3 is 0 Å². The molecular formula is C8H8NO2. The van der Waals surface area contributed by atoms with Crippen LogP contribution < -0.4 is 4.74 Å². The van der Waals surface area contributed by atoms with Gasteiger partial charge in [-0.15, -0.1) is 0 Å². The summed E-state index contributed by atoms with van der Waals surface area (Å²) in [6.07, 6.45) is 2.75. The number of pyridine rings is 1. The van der Waals surface area contributed by atoms with Gasteiger partial charge < -0.3 is 4.74 Å². The van der Waals surface area contributed by atoms with Crippen LogP contribution in [0.4, 0.5) is 0 Å². The molecule has 3 heteroatoms. The third-order valence-electron chi connectivity index (χ3n) is 1.10. The lowest BCUT2D eigenvalue weighted by molar-refractivity contribution is 0.268. The summed E-state index contributed by atoms with van der Waals surface area (Å²) < 4.78 is 5.03. The lowest BCUT2D eigenvalue weighted by atomic mass is 10.4. The van der Waals surface area contributed by atoms with Crippen LogP contribution in [0.5, 0.6) is 5.88 Å². The lowest BCUT2D eigenvalue weighted by Crippen LogP contribution is -2.13. The van der Waals surface area contributed by atoms with E-state index >= 15 is 0 Å². The summed E-state index contributed by atoms with van der Waals surface area (Å²) in [5.74, 6) is 0.448. The highest BCUT2D eigenvalue weighted by Gasteiger charge is 2.01. The summed E-state index contributed by atoms with van der Waals surface area (Å²) in [5.41, 5.74) is 0. The fourth-order valence-corrected chi connectivity index (χ4v) is 0.622. The Balaban J connectivity index is 2.57. The second kappa shape index (κ2) is 3.71. The first kappa shape index (κ1) is 7.72. The molecule has 1 unspecified atom stereocenters. The summed E-state index contributed by atoms with van der Waals surface area (Å²) in [6, 6.07) is 5.26. The summed E-state index contributed by atoms with van der Waals surface area (Å²) in [5, 5.41) is 0. The summed E-state index contributed by atoms with van der Waals surface area (Å²) in [7, 11) is 0. The molecule has 1 atom stereocenters. The van der Waals surface area contributed by atoms with Crippen molar-refractivity contribution in [2.45, 2.75) is 13.0 Å². The molecule has 0 amide bonds. The molecule has 0 aliphatic carbocycles. The first-order chi connectivity index (χ1) is 5.33. The van der Waals surface area contributed by atoms with E-state index in [0.717, 1.165) is 0 Å². The molecule has 3 nitrogen and oxygen atoms in total. The Bertz CT molecular complexity index is 223. The van der Waals surface area contributed by atoms with Crippen LogP contribution in [0.3, 0.4) is 0 Å². The van der Waals surface area contributed by atoms with Crippen LogP contribution in [-0.2, 0) is 4.79 Å². The second-order valence-corrected chi connectivity index (χ2v) is 2.05. The van der Waals surface area contributed by atoms with Gasteiger partial charge in [0.2, 0.25) is 12.2 Å². The minimum absolute atomic E-state index is 0.448. The maximum atomic E-state index is 10.0. The van der Waals surface area contributed by atoms with Gasteiger partial charge in [0, 0.05) is 12.3 Å². The van der Waals surface area contributed by atoms with E-state index in [1.807, 2.05) is 0 Å². The van der Waals surface area contributed by atoms with E-state index in [0.29, 0.717) is 5.88 Å². The molecule has 11 heavy (non-hydrogen) atoms. The maximum Gasteiger partial charge on any atom is 0.242 e. The average Bonchev–Trinajstić information content (AvgIpc) is 2.06. The van der Waals surface area contributed by atoms with Gasteiger partial charge in [-0.05, 0) is 13.0 Å². The van der Waals surface area contributed by atoms with Crippen molar-refractivity contribution in [1.82, 2.24) is 4.98 Å². The summed E-state index contributed by atoms with van der Waals surface area (Å²) >= 11 is 0. The molecule has 0 aromatic carbocycles. The van der Waals surface area contributed by atoms with Gasteiger partial charge in [-0.1, -0.05) is 6.07 Å². The zero-order valence-electron chi connectivity index (χ0n) is 6.15. The normalized spacial score (nSPS) is 12.1. The van der Waals surface area contributed by atoms with E-state index in [2.05, 4.69) is 4.98 Å². The number of aromatic nitrogens is 1. The van der Waals surface area contributed by atoms with Crippen LogP contribution in [0.25, 0.3) is 0 Å². The molecule has 1 rings (SSSR count). The van der Waals surface area contributed by atoms with E-state index < -0.39 is 6.10 Å². The fourth-order valence-electron chi connectivity index (χ4n) is 0.622. The predicted molar refractivity (Wildman–Crippen MR) is 40.0 cm³/mol. The highest BCUT2D eigenvalue weighted by Crippen LogP contribution is 2.04. The quantitative estimate of drug-likeness (QED) is 0.644. The standard InChI is InChI=1S/C8H8NO2/c1-7(6-10)11-8-4-2-3-5-9-8/h2-5,7H,1H3. The van der Waals surface area contributed by atoms with Crippen molar-refractivity contribution in [3.05, 3.63) is 24.4 Å². The van der Waals surface area contributed by atoms with E-state index in [1.54, 1.807) is 37.6 Å². The first-order valence-electron chi connectivity index (χ1n) is 3.28. The van der Waals surface area contributed by atoms with Gasteiger partial charge in [0.1, 0.15) is 0 Å². The molecule has 0 aliphatic heterocycles. The van der Waals surface area contributed by atoms with E-state index in [9.17, 15) is 4.79 Å². The maximum absolute atomic E-state index is 10.0. The molecule has 0 aliphatic rings. The summed E-state index contributed by atoms with van der Waals surface area (Å²) in [6.45, 7) is 1.61. The van der Waals surface area contributed by atoms with Crippen molar-refractivity contribution >= 4 is 6.29 Å². The van der Waals surface area contributed by atoms with Gasteiger partial charge in [-0.2, -0.15) is 0 Å². The first-order valence-corrected chi connectivity index (χ1v) is 3.28. The minimum atomic E-state index is -0.551. The van der Waals surface area contributed by atoms with Crippen LogP contribution in [-0.4, -0.2) is 17.4 Å². The number of carbonyl (C=O) groups excluding carboxylic acids is 1. The third kappa shape index (κ3) is 2.37. The molecule has 0 saturated heterocycles. The van der Waals surface area contributed by atoms with Gasteiger partial charge in [-0.3, -0.25) is 4.79 Å². The Hall–Kier alpha value is -1.38. The SMILES string of the molecule is CC([C]=O)Oc1ccccn1. The van der Waals surface area contributed by atoms with Gasteiger partial charge in [0.15, 0.2) is 6.10 Å². The largest absolute Gasteiger partial charge is 0.466 e. The highest BCUT2D eigenvalue weighted by atomic mass is 16.5. The van der Waals surface area contributed by atoms with Crippen LogP contribution in [0.15, 0.2) is 24.4 Å². The zero-order valence-corrected chi connectivity index (χ0v) is 6.15. The van der Waals surface area contributed by atoms with Crippen LogP contribution in [0.2, 0.25) is 0 Å². The second-order valence-electron chi connectivity index (χ2n) is 2.05. The van der Waals surface area contributed by atoms with Crippen LogP contribution >= 0.6 is 0 Å². The van der Waals surface area contributed by atoms with Crippen molar-refractivity contribution in [1.29, 1.82) is 0 Å².